The van der Waals surface area contributed by atoms with Gasteiger partial charge in [0.25, 0.3) is 0 Å². The molecule has 0 saturated carbocycles. The molecule has 0 amide bonds. The van der Waals surface area contributed by atoms with Crippen molar-refractivity contribution in [2.24, 2.45) is 0 Å². The standard InChI is InChI=1S/C19H34S/c1-4-5-6-7-8-9-10-11-12-13-15-19(2,3)18-14-16-20-17-18/h14,16-17H,4-13,15H2,1-3H3. The van der Waals surface area contributed by atoms with E-state index in [1.165, 1.54) is 76.2 Å². The fourth-order valence-electron chi connectivity index (χ4n) is 2.85. The van der Waals surface area contributed by atoms with Crippen LogP contribution in [0.5, 0.6) is 0 Å². The van der Waals surface area contributed by atoms with Gasteiger partial charge in [0, 0.05) is 0 Å². The number of rotatable bonds is 12. The molecular formula is C19H34S. The van der Waals surface area contributed by atoms with Crippen molar-refractivity contribution in [3.05, 3.63) is 22.4 Å². The van der Waals surface area contributed by atoms with Gasteiger partial charge in [0.15, 0.2) is 0 Å². The van der Waals surface area contributed by atoms with E-state index >= 15 is 0 Å². The third-order valence-corrected chi connectivity index (χ3v) is 5.14. The predicted molar refractivity (Wildman–Crippen MR) is 93.8 cm³/mol. The largest absolute Gasteiger partial charge is 0.152 e. The number of hydrogen-bond donors (Lipinski definition) is 0. The molecule has 20 heavy (non-hydrogen) atoms. The van der Waals surface area contributed by atoms with E-state index < -0.39 is 0 Å². The normalized spacial score (nSPS) is 11.9. The Bertz CT molecular complexity index is 311. The summed E-state index contributed by atoms with van der Waals surface area (Å²) in [7, 11) is 0. The van der Waals surface area contributed by atoms with Crippen LogP contribution >= 0.6 is 11.3 Å². The van der Waals surface area contributed by atoms with Gasteiger partial charge in [-0.3, -0.25) is 0 Å². The van der Waals surface area contributed by atoms with E-state index in [1.807, 2.05) is 11.3 Å². The van der Waals surface area contributed by atoms with Crippen LogP contribution in [0.15, 0.2) is 16.8 Å². The molecule has 1 aromatic heterocycles. The van der Waals surface area contributed by atoms with Crippen LogP contribution < -0.4 is 0 Å². The highest BCUT2D eigenvalue weighted by Gasteiger charge is 2.19. The van der Waals surface area contributed by atoms with Gasteiger partial charge in [0.1, 0.15) is 0 Å². The van der Waals surface area contributed by atoms with Crippen LogP contribution in [-0.4, -0.2) is 0 Å². The number of thiophene rings is 1. The van der Waals surface area contributed by atoms with Crippen LogP contribution in [0.1, 0.15) is 97.0 Å². The van der Waals surface area contributed by atoms with E-state index in [0.717, 1.165) is 0 Å². The highest BCUT2D eigenvalue weighted by molar-refractivity contribution is 7.08. The summed E-state index contributed by atoms with van der Waals surface area (Å²) in [5.41, 5.74) is 1.90. The quantitative estimate of drug-likeness (QED) is 0.354. The van der Waals surface area contributed by atoms with Crippen molar-refractivity contribution in [3.63, 3.8) is 0 Å². The average Bonchev–Trinajstić information content (AvgIpc) is 2.96. The zero-order valence-electron chi connectivity index (χ0n) is 13.9. The first-order chi connectivity index (χ1) is 9.67. The van der Waals surface area contributed by atoms with E-state index in [-0.39, 0.29) is 0 Å². The lowest BCUT2D eigenvalue weighted by Crippen LogP contribution is -2.15. The monoisotopic (exact) mass is 294 g/mol. The molecule has 0 fully saturated rings. The van der Waals surface area contributed by atoms with Gasteiger partial charge < -0.3 is 0 Å². The first-order valence-corrected chi connectivity index (χ1v) is 9.64. The first-order valence-electron chi connectivity index (χ1n) is 8.69. The molecule has 1 rings (SSSR count). The Labute approximate surface area is 131 Å². The fraction of sp³-hybridized carbons (Fsp3) is 0.789. The van der Waals surface area contributed by atoms with Gasteiger partial charge in [0.05, 0.1) is 0 Å². The van der Waals surface area contributed by atoms with Crippen LogP contribution in [-0.2, 0) is 5.41 Å². The van der Waals surface area contributed by atoms with Crippen molar-refractivity contribution in [1.82, 2.24) is 0 Å². The molecular weight excluding hydrogens is 260 g/mol. The van der Waals surface area contributed by atoms with Crippen LogP contribution in [0.2, 0.25) is 0 Å². The van der Waals surface area contributed by atoms with Crippen molar-refractivity contribution in [2.75, 3.05) is 0 Å². The van der Waals surface area contributed by atoms with Gasteiger partial charge in [-0.15, -0.1) is 0 Å². The highest BCUT2D eigenvalue weighted by Crippen LogP contribution is 2.30. The van der Waals surface area contributed by atoms with Crippen LogP contribution in [0.3, 0.4) is 0 Å². The molecule has 0 atom stereocenters. The third-order valence-electron chi connectivity index (χ3n) is 4.46. The lowest BCUT2D eigenvalue weighted by molar-refractivity contribution is 0.442. The maximum absolute atomic E-state index is 2.39. The first kappa shape index (κ1) is 17.8. The molecule has 0 aliphatic rings. The minimum Gasteiger partial charge on any atom is -0.152 e. The van der Waals surface area contributed by atoms with Gasteiger partial charge >= 0.3 is 0 Å². The van der Waals surface area contributed by atoms with Crippen molar-refractivity contribution in [2.45, 2.75) is 96.8 Å². The molecule has 0 aliphatic carbocycles. The molecule has 0 aliphatic heterocycles. The van der Waals surface area contributed by atoms with E-state index in [4.69, 9.17) is 0 Å². The second kappa shape index (κ2) is 10.4. The Morgan fingerprint density at radius 2 is 1.40 bits per heavy atom. The number of unbranched alkanes of at least 4 members (excludes halogenated alkanes) is 9. The van der Waals surface area contributed by atoms with Gasteiger partial charge in [-0.25, -0.2) is 0 Å². The molecule has 0 nitrogen and oxygen atoms in total. The second-order valence-corrected chi connectivity index (χ2v) is 7.61. The summed E-state index contributed by atoms with van der Waals surface area (Å²) in [5, 5.41) is 4.52. The van der Waals surface area contributed by atoms with E-state index in [9.17, 15) is 0 Å². The van der Waals surface area contributed by atoms with Crippen LogP contribution in [0.4, 0.5) is 0 Å². The topological polar surface area (TPSA) is 0 Å². The molecule has 0 radical (unpaired) electrons. The molecule has 1 heterocycles. The number of hydrogen-bond acceptors (Lipinski definition) is 1. The lowest BCUT2D eigenvalue weighted by atomic mass is 9.81. The maximum Gasteiger partial charge on any atom is -0.00558 e. The van der Waals surface area contributed by atoms with Gasteiger partial charge in [-0.2, -0.15) is 11.3 Å². The summed E-state index contributed by atoms with van der Waals surface area (Å²) >= 11 is 1.82. The van der Waals surface area contributed by atoms with Gasteiger partial charge in [-0.05, 0) is 34.2 Å². The van der Waals surface area contributed by atoms with Crippen LogP contribution in [0, 0.1) is 0 Å². The predicted octanol–water partition coefficient (Wildman–Crippen LogP) is 7.34. The Balaban J connectivity index is 1.94. The second-order valence-electron chi connectivity index (χ2n) is 6.83. The van der Waals surface area contributed by atoms with E-state index in [1.54, 1.807) is 0 Å². The Morgan fingerprint density at radius 1 is 0.850 bits per heavy atom. The fourth-order valence-corrected chi connectivity index (χ4v) is 3.70. The molecule has 0 aromatic carbocycles. The summed E-state index contributed by atoms with van der Waals surface area (Å²) in [6, 6.07) is 2.29. The molecule has 1 aromatic rings. The minimum absolute atomic E-state index is 0.375. The Kier molecular flexibility index (Phi) is 9.26. The molecule has 0 N–H and O–H groups in total. The summed E-state index contributed by atoms with van der Waals surface area (Å²) in [6.45, 7) is 7.07. The molecule has 116 valence electrons. The van der Waals surface area contributed by atoms with Crippen molar-refractivity contribution < 1.29 is 0 Å². The van der Waals surface area contributed by atoms with Gasteiger partial charge in [0.2, 0.25) is 0 Å². The lowest BCUT2D eigenvalue weighted by Gasteiger charge is -2.23. The average molecular weight is 295 g/mol. The van der Waals surface area contributed by atoms with Gasteiger partial charge in [-0.1, -0.05) is 85.0 Å². The van der Waals surface area contributed by atoms with Crippen molar-refractivity contribution >= 4 is 11.3 Å². The summed E-state index contributed by atoms with van der Waals surface area (Å²) in [5.74, 6) is 0. The minimum atomic E-state index is 0.375. The SMILES string of the molecule is CCCCCCCCCCCCC(C)(C)c1ccsc1. The Hall–Kier alpha value is -0.300. The zero-order valence-corrected chi connectivity index (χ0v) is 14.7. The maximum atomic E-state index is 2.39. The molecule has 0 saturated heterocycles. The summed E-state index contributed by atoms with van der Waals surface area (Å²) < 4.78 is 0. The molecule has 1 heteroatoms. The molecule has 0 bridgehead atoms. The van der Waals surface area contributed by atoms with E-state index in [2.05, 4.69) is 37.6 Å². The van der Waals surface area contributed by atoms with Crippen molar-refractivity contribution in [3.8, 4) is 0 Å². The summed E-state index contributed by atoms with van der Waals surface area (Å²) in [6.07, 6.45) is 15.6. The van der Waals surface area contributed by atoms with Crippen molar-refractivity contribution in [1.29, 1.82) is 0 Å². The van der Waals surface area contributed by atoms with Crippen LogP contribution in [0.25, 0.3) is 0 Å². The molecule has 0 spiro atoms. The molecule has 0 unspecified atom stereocenters. The smallest absolute Gasteiger partial charge is 0.00558 e. The zero-order chi connectivity index (χ0) is 14.7. The van der Waals surface area contributed by atoms with E-state index in [0.29, 0.717) is 5.41 Å². The Morgan fingerprint density at radius 3 is 1.90 bits per heavy atom. The third kappa shape index (κ3) is 7.47. The highest BCUT2D eigenvalue weighted by atomic mass is 32.1. The summed E-state index contributed by atoms with van der Waals surface area (Å²) in [4.78, 5) is 0.